The average molecular weight is 513 g/mol. The molecular formula is C30H60N2O4. The lowest BCUT2D eigenvalue weighted by atomic mass is 9.99. The quantitative estimate of drug-likeness (QED) is 0.130. The van der Waals surface area contributed by atoms with Gasteiger partial charge in [-0.2, -0.15) is 0 Å². The van der Waals surface area contributed by atoms with Crippen LogP contribution in [0.5, 0.6) is 0 Å². The van der Waals surface area contributed by atoms with E-state index < -0.39 is 0 Å². The molecule has 0 radical (unpaired) electrons. The van der Waals surface area contributed by atoms with E-state index in [4.69, 9.17) is 31.2 Å². The Hall–Kier alpha value is -0.240. The normalized spacial score (nSPS) is 26.0. The molecule has 2 saturated heterocycles. The molecule has 0 spiro atoms. The van der Waals surface area contributed by atoms with E-state index in [1.54, 1.807) is 0 Å². The lowest BCUT2D eigenvalue weighted by Crippen LogP contribution is -2.38. The smallest absolute Gasteiger partial charge is 0.0842 e. The van der Waals surface area contributed by atoms with Crippen LogP contribution in [-0.4, -0.2) is 59.9 Å². The van der Waals surface area contributed by atoms with Crippen LogP contribution in [0.1, 0.15) is 141 Å². The van der Waals surface area contributed by atoms with Crippen molar-refractivity contribution < 1.29 is 19.7 Å². The van der Waals surface area contributed by atoms with Gasteiger partial charge in [-0.25, -0.2) is 0 Å². The zero-order valence-electron chi connectivity index (χ0n) is 23.3. The standard InChI is InChI=1S/C30H60N2O4/c31-25(17-13-9-5-1-3-7-11-15-23-33)27-19-21-29(35-27)30-22-20-28(36-30)26(32)18-14-10-6-2-4-8-12-16-24-34/h25-30,33-34H,1-24,31-32H2/t25-,26-,27-,28-,29-,30-/m1/s1. The fraction of sp³-hybridized carbons (Fsp3) is 1.00. The van der Waals surface area contributed by atoms with Crippen LogP contribution in [0, 0.1) is 0 Å². The second-order valence-corrected chi connectivity index (χ2v) is 11.6. The maximum atomic E-state index is 8.83. The molecule has 2 fully saturated rings. The highest BCUT2D eigenvalue weighted by atomic mass is 16.6. The van der Waals surface area contributed by atoms with Crippen molar-refractivity contribution >= 4 is 0 Å². The van der Waals surface area contributed by atoms with E-state index in [9.17, 15) is 0 Å². The van der Waals surface area contributed by atoms with Crippen LogP contribution in [0.4, 0.5) is 0 Å². The van der Waals surface area contributed by atoms with E-state index in [2.05, 4.69) is 0 Å². The van der Waals surface area contributed by atoms with E-state index in [1.165, 1.54) is 77.0 Å². The van der Waals surface area contributed by atoms with E-state index in [1.807, 2.05) is 0 Å². The molecule has 6 atom stereocenters. The van der Waals surface area contributed by atoms with Gasteiger partial charge in [-0.3, -0.25) is 0 Å². The first kappa shape index (κ1) is 32.0. The van der Waals surface area contributed by atoms with Crippen molar-refractivity contribution in [1.29, 1.82) is 0 Å². The minimum atomic E-state index is 0.147. The maximum Gasteiger partial charge on any atom is 0.0842 e. The Morgan fingerprint density at radius 3 is 1.11 bits per heavy atom. The van der Waals surface area contributed by atoms with E-state index >= 15 is 0 Å². The van der Waals surface area contributed by atoms with Crippen LogP contribution < -0.4 is 11.5 Å². The molecule has 0 aromatic rings. The fourth-order valence-electron chi connectivity index (χ4n) is 6.03. The number of nitrogens with two attached hydrogens (primary N) is 2. The van der Waals surface area contributed by atoms with Crippen molar-refractivity contribution in [2.24, 2.45) is 11.5 Å². The summed E-state index contributed by atoms with van der Waals surface area (Å²) in [5.41, 5.74) is 13.0. The third-order valence-electron chi connectivity index (χ3n) is 8.43. The first-order valence-electron chi connectivity index (χ1n) is 15.7. The zero-order valence-corrected chi connectivity index (χ0v) is 23.3. The summed E-state index contributed by atoms with van der Waals surface area (Å²) in [6.45, 7) is 0.662. The van der Waals surface area contributed by atoms with Crippen LogP contribution in [0.15, 0.2) is 0 Å². The molecule has 0 saturated carbocycles. The van der Waals surface area contributed by atoms with Gasteiger partial charge in [0.15, 0.2) is 0 Å². The molecule has 0 aromatic carbocycles. The molecule has 36 heavy (non-hydrogen) atoms. The monoisotopic (exact) mass is 512 g/mol. The Bertz CT molecular complexity index is 465. The van der Waals surface area contributed by atoms with Gasteiger partial charge in [0.25, 0.3) is 0 Å². The maximum absolute atomic E-state index is 8.83. The molecule has 0 aliphatic carbocycles. The molecule has 214 valence electrons. The van der Waals surface area contributed by atoms with Crippen molar-refractivity contribution in [3.63, 3.8) is 0 Å². The molecule has 2 rings (SSSR count). The van der Waals surface area contributed by atoms with Crippen LogP contribution in [-0.2, 0) is 9.47 Å². The van der Waals surface area contributed by atoms with Crippen LogP contribution in [0.25, 0.3) is 0 Å². The Morgan fingerprint density at radius 2 is 0.778 bits per heavy atom. The van der Waals surface area contributed by atoms with Gasteiger partial charge in [-0.15, -0.1) is 0 Å². The zero-order chi connectivity index (χ0) is 25.8. The first-order valence-corrected chi connectivity index (χ1v) is 15.7. The van der Waals surface area contributed by atoms with E-state index in [0.717, 1.165) is 64.2 Å². The molecule has 6 N–H and O–H groups in total. The lowest BCUT2D eigenvalue weighted by Gasteiger charge is -2.25. The lowest BCUT2D eigenvalue weighted by molar-refractivity contribution is -0.0742. The molecule has 2 heterocycles. The molecule has 0 unspecified atom stereocenters. The summed E-state index contributed by atoms with van der Waals surface area (Å²) in [5, 5.41) is 17.7. The highest BCUT2D eigenvalue weighted by Crippen LogP contribution is 2.34. The van der Waals surface area contributed by atoms with Gasteiger partial charge in [-0.05, 0) is 51.4 Å². The molecule has 2 aliphatic rings. The van der Waals surface area contributed by atoms with Crippen molar-refractivity contribution in [2.45, 2.75) is 178 Å². The summed E-state index contributed by atoms with van der Waals surface area (Å²) < 4.78 is 12.8. The van der Waals surface area contributed by atoms with Crippen LogP contribution in [0.2, 0.25) is 0 Å². The first-order chi connectivity index (χ1) is 17.7. The predicted molar refractivity (Wildman–Crippen MR) is 149 cm³/mol. The summed E-state index contributed by atoms with van der Waals surface area (Å²) in [5.74, 6) is 0. The molecule has 0 amide bonds. The van der Waals surface area contributed by atoms with E-state index in [-0.39, 0.29) is 36.5 Å². The number of aliphatic hydroxyl groups excluding tert-OH is 2. The number of unbranched alkanes of at least 4 members (excludes halogenated alkanes) is 14. The fourth-order valence-corrected chi connectivity index (χ4v) is 6.03. The second kappa shape index (κ2) is 20.7. The van der Waals surface area contributed by atoms with Gasteiger partial charge < -0.3 is 31.2 Å². The largest absolute Gasteiger partial charge is 0.396 e. The predicted octanol–water partition coefficient (Wildman–Crippen LogP) is 5.74. The van der Waals surface area contributed by atoms with Gasteiger partial charge >= 0.3 is 0 Å². The van der Waals surface area contributed by atoms with Gasteiger partial charge in [-0.1, -0.05) is 89.9 Å². The molecule has 6 heteroatoms. The summed E-state index contributed by atoms with van der Waals surface area (Å²) in [6, 6.07) is 0.294. The van der Waals surface area contributed by atoms with Gasteiger partial charge in [0.1, 0.15) is 0 Å². The Kier molecular flexibility index (Phi) is 18.4. The number of aliphatic hydroxyl groups is 2. The minimum Gasteiger partial charge on any atom is -0.396 e. The average Bonchev–Trinajstić information content (AvgIpc) is 3.57. The third kappa shape index (κ3) is 13.5. The number of ether oxygens (including phenoxy) is 2. The molecule has 0 bridgehead atoms. The topological polar surface area (TPSA) is 111 Å². The Balaban J connectivity index is 1.48. The highest BCUT2D eigenvalue weighted by Gasteiger charge is 2.40. The number of hydrogen-bond donors (Lipinski definition) is 4. The number of hydrogen-bond acceptors (Lipinski definition) is 6. The SMILES string of the molecule is N[C@H](CCCCCCCCCCO)[C@H]1CC[C@H]([C@H]2CC[C@H]([C@H](N)CCCCCCCCCCO)O2)O1. The summed E-state index contributed by atoms with van der Waals surface area (Å²) in [6.07, 6.45) is 26.6. The molecule has 2 aliphatic heterocycles. The molecule has 0 aromatic heterocycles. The van der Waals surface area contributed by atoms with Crippen LogP contribution in [0.3, 0.4) is 0 Å². The van der Waals surface area contributed by atoms with Gasteiger partial charge in [0, 0.05) is 25.3 Å². The third-order valence-corrected chi connectivity index (χ3v) is 8.43. The molecular weight excluding hydrogens is 452 g/mol. The minimum absolute atomic E-state index is 0.147. The summed E-state index contributed by atoms with van der Waals surface area (Å²) in [4.78, 5) is 0. The number of rotatable bonds is 23. The Labute approximate surface area is 222 Å². The van der Waals surface area contributed by atoms with Crippen LogP contribution >= 0.6 is 0 Å². The Morgan fingerprint density at radius 1 is 0.472 bits per heavy atom. The van der Waals surface area contributed by atoms with Crippen molar-refractivity contribution in [2.75, 3.05) is 13.2 Å². The summed E-state index contributed by atoms with van der Waals surface area (Å²) in [7, 11) is 0. The van der Waals surface area contributed by atoms with Gasteiger partial charge in [0.2, 0.25) is 0 Å². The van der Waals surface area contributed by atoms with Gasteiger partial charge in [0.05, 0.1) is 24.4 Å². The second-order valence-electron chi connectivity index (χ2n) is 11.6. The van der Waals surface area contributed by atoms with E-state index in [0.29, 0.717) is 13.2 Å². The van der Waals surface area contributed by atoms with Crippen molar-refractivity contribution in [3.8, 4) is 0 Å². The molecule has 6 nitrogen and oxygen atoms in total. The van der Waals surface area contributed by atoms with Crippen molar-refractivity contribution in [3.05, 3.63) is 0 Å². The highest BCUT2D eigenvalue weighted by molar-refractivity contribution is 4.90. The summed E-state index contributed by atoms with van der Waals surface area (Å²) >= 11 is 0. The van der Waals surface area contributed by atoms with Crippen molar-refractivity contribution in [1.82, 2.24) is 0 Å².